The van der Waals surface area contributed by atoms with Crippen molar-refractivity contribution in [1.29, 1.82) is 0 Å². The Hall–Kier alpha value is -2.14. The first-order valence-corrected chi connectivity index (χ1v) is 5.63. The van der Waals surface area contributed by atoms with Gasteiger partial charge in [0.05, 0.1) is 17.4 Å². The van der Waals surface area contributed by atoms with Crippen molar-refractivity contribution in [3.63, 3.8) is 0 Å². The highest BCUT2D eigenvalue weighted by Gasteiger charge is 2.12. The third kappa shape index (κ3) is 2.75. The van der Waals surface area contributed by atoms with E-state index in [0.29, 0.717) is 18.7 Å². The predicted octanol–water partition coefficient (Wildman–Crippen LogP) is 2.79. The summed E-state index contributed by atoms with van der Waals surface area (Å²) < 4.78 is 4.96. The van der Waals surface area contributed by atoms with Crippen LogP contribution in [-0.4, -0.2) is 4.92 Å². The van der Waals surface area contributed by atoms with Crippen molar-refractivity contribution in [3.05, 3.63) is 63.6 Å². The van der Waals surface area contributed by atoms with Crippen molar-refractivity contribution in [1.82, 2.24) is 5.32 Å². The molecule has 0 unspecified atom stereocenters. The van der Waals surface area contributed by atoms with Gasteiger partial charge in [-0.3, -0.25) is 10.1 Å². The maximum atomic E-state index is 10.8. The van der Waals surface area contributed by atoms with Gasteiger partial charge in [-0.15, -0.1) is 0 Å². The van der Waals surface area contributed by atoms with Gasteiger partial charge in [0.25, 0.3) is 5.69 Å². The number of benzene rings is 1. The molecule has 0 aliphatic rings. The molecule has 5 heteroatoms. The zero-order chi connectivity index (χ0) is 13.0. The Morgan fingerprint density at radius 2 is 2.17 bits per heavy atom. The molecule has 2 aromatic rings. The second-order valence-corrected chi connectivity index (χ2v) is 4.05. The van der Waals surface area contributed by atoms with Gasteiger partial charge in [0.15, 0.2) is 0 Å². The molecule has 5 nitrogen and oxygen atoms in total. The van der Waals surface area contributed by atoms with Crippen molar-refractivity contribution >= 4 is 5.69 Å². The molecule has 1 aromatic heterocycles. The summed E-state index contributed by atoms with van der Waals surface area (Å²) in [6, 6.07) is 7.01. The van der Waals surface area contributed by atoms with Gasteiger partial charge in [0, 0.05) is 30.3 Å². The third-order valence-corrected chi connectivity index (χ3v) is 2.84. The first-order valence-electron chi connectivity index (χ1n) is 5.63. The van der Waals surface area contributed by atoms with Crippen molar-refractivity contribution < 1.29 is 9.34 Å². The van der Waals surface area contributed by atoms with Gasteiger partial charge >= 0.3 is 0 Å². The molecule has 0 bridgehead atoms. The molecule has 0 fully saturated rings. The summed E-state index contributed by atoms with van der Waals surface area (Å²) in [7, 11) is 0. The molecule has 0 spiro atoms. The average molecular weight is 246 g/mol. The zero-order valence-corrected chi connectivity index (χ0v) is 10.1. The van der Waals surface area contributed by atoms with Gasteiger partial charge in [-0.05, 0) is 18.6 Å². The number of furan rings is 1. The van der Waals surface area contributed by atoms with Gasteiger partial charge in [-0.1, -0.05) is 12.1 Å². The van der Waals surface area contributed by atoms with E-state index in [1.165, 1.54) is 6.07 Å². The van der Waals surface area contributed by atoms with Crippen LogP contribution in [0.3, 0.4) is 0 Å². The van der Waals surface area contributed by atoms with Crippen LogP contribution in [0.25, 0.3) is 0 Å². The summed E-state index contributed by atoms with van der Waals surface area (Å²) in [4.78, 5) is 10.5. The summed E-state index contributed by atoms with van der Waals surface area (Å²) >= 11 is 0. The van der Waals surface area contributed by atoms with Crippen molar-refractivity contribution in [2.45, 2.75) is 20.0 Å². The first-order chi connectivity index (χ1) is 8.68. The van der Waals surface area contributed by atoms with Gasteiger partial charge < -0.3 is 9.73 Å². The molecular weight excluding hydrogens is 232 g/mol. The minimum absolute atomic E-state index is 0.164. The topological polar surface area (TPSA) is 68.3 Å². The zero-order valence-electron chi connectivity index (χ0n) is 10.1. The Morgan fingerprint density at radius 3 is 2.83 bits per heavy atom. The molecular formula is C13H14N2O3. The van der Waals surface area contributed by atoms with Crippen molar-refractivity contribution in [2.75, 3.05) is 0 Å². The average Bonchev–Trinajstić information content (AvgIpc) is 2.84. The summed E-state index contributed by atoms with van der Waals surface area (Å²) in [5.74, 6) is 0. The van der Waals surface area contributed by atoms with E-state index in [1.54, 1.807) is 25.5 Å². The standard InChI is InChI=1S/C13H14N2O3/c1-10-12(3-2-4-13(10)15(16)17)8-14-7-11-5-6-18-9-11/h2-6,9,14H,7-8H2,1H3. The molecule has 0 amide bonds. The van der Waals surface area contributed by atoms with Gasteiger partial charge in [0.1, 0.15) is 0 Å². The summed E-state index contributed by atoms with van der Waals surface area (Å²) in [5, 5.41) is 14.0. The van der Waals surface area contributed by atoms with E-state index in [2.05, 4.69) is 5.32 Å². The smallest absolute Gasteiger partial charge is 0.272 e. The van der Waals surface area contributed by atoms with Crippen molar-refractivity contribution in [3.8, 4) is 0 Å². The molecule has 1 aromatic carbocycles. The van der Waals surface area contributed by atoms with E-state index in [9.17, 15) is 10.1 Å². The lowest BCUT2D eigenvalue weighted by atomic mass is 10.1. The SMILES string of the molecule is Cc1c(CNCc2ccoc2)cccc1[N+](=O)[O-]. The number of nitro benzene ring substituents is 1. The number of hydrogen-bond acceptors (Lipinski definition) is 4. The molecule has 0 saturated carbocycles. The third-order valence-electron chi connectivity index (χ3n) is 2.84. The fraction of sp³-hybridized carbons (Fsp3) is 0.231. The fourth-order valence-electron chi connectivity index (χ4n) is 1.79. The Labute approximate surface area is 105 Å². The monoisotopic (exact) mass is 246 g/mol. The fourth-order valence-corrected chi connectivity index (χ4v) is 1.79. The predicted molar refractivity (Wildman–Crippen MR) is 67.1 cm³/mol. The molecule has 94 valence electrons. The lowest BCUT2D eigenvalue weighted by molar-refractivity contribution is -0.385. The van der Waals surface area contributed by atoms with E-state index >= 15 is 0 Å². The molecule has 0 saturated heterocycles. The molecule has 0 aliphatic heterocycles. The highest BCUT2D eigenvalue weighted by Crippen LogP contribution is 2.20. The van der Waals surface area contributed by atoms with Crippen LogP contribution in [0, 0.1) is 17.0 Å². The van der Waals surface area contributed by atoms with Gasteiger partial charge in [0.2, 0.25) is 0 Å². The molecule has 0 atom stereocenters. The van der Waals surface area contributed by atoms with Crippen molar-refractivity contribution in [2.24, 2.45) is 0 Å². The second kappa shape index (κ2) is 5.46. The largest absolute Gasteiger partial charge is 0.472 e. The van der Waals surface area contributed by atoms with Crippen LogP contribution >= 0.6 is 0 Å². The quantitative estimate of drug-likeness (QED) is 0.650. The Kier molecular flexibility index (Phi) is 3.74. The van der Waals surface area contributed by atoms with Crippen LogP contribution in [0.5, 0.6) is 0 Å². The Bertz CT molecular complexity index is 535. The maximum Gasteiger partial charge on any atom is 0.272 e. The van der Waals surface area contributed by atoms with Crippen LogP contribution in [-0.2, 0) is 13.1 Å². The molecule has 0 radical (unpaired) electrons. The van der Waals surface area contributed by atoms with Crippen LogP contribution in [0.4, 0.5) is 5.69 Å². The van der Waals surface area contributed by atoms with Gasteiger partial charge in [-0.2, -0.15) is 0 Å². The Morgan fingerprint density at radius 1 is 1.33 bits per heavy atom. The molecule has 18 heavy (non-hydrogen) atoms. The number of nitrogens with one attached hydrogen (secondary N) is 1. The number of nitro groups is 1. The molecule has 1 N–H and O–H groups in total. The van der Waals surface area contributed by atoms with E-state index in [0.717, 1.165) is 11.1 Å². The molecule has 1 heterocycles. The maximum absolute atomic E-state index is 10.8. The second-order valence-electron chi connectivity index (χ2n) is 4.05. The van der Waals surface area contributed by atoms with Gasteiger partial charge in [-0.25, -0.2) is 0 Å². The highest BCUT2D eigenvalue weighted by molar-refractivity contribution is 5.44. The Balaban J connectivity index is 2.01. The minimum atomic E-state index is -0.352. The van der Waals surface area contributed by atoms with E-state index in [-0.39, 0.29) is 10.6 Å². The van der Waals surface area contributed by atoms with Crippen LogP contribution < -0.4 is 5.32 Å². The summed E-state index contributed by atoms with van der Waals surface area (Å²) in [6.45, 7) is 3.05. The molecule has 2 rings (SSSR count). The van der Waals surface area contributed by atoms with Crippen LogP contribution in [0.15, 0.2) is 41.2 Å². The van der Waals surface area contributed by atoms with E-state index < -0.39 is 0 Å². The summed E-state index contributed by atoms with van der Waals surface area (Å²) in [6.07, 6.45) is 3.29. The number of nitrogens with zero attached hydrogens (tertiary/aromatic N) is 1. The minimum Gasteiger partial charge on any atom is -0.472 e. The normalized spacial score (nSPS) is 10.5. The summed E-state index contributed by atoms with van der Waals surface area (Å²) in [5.41, 5.74) is 2.87. The number of rotatable bonds is 5. The number of hydrogen-bond donors (Lipinski definition) is 1. The van der Waals surface area contributed by atoms with E-state index in [1.807, 2.05) is 12.1 Å². The highest BCUT2D eigenvalue weighted by atomic mass is 16.6. The van der Waals surface area contributed by atoms with E-state index in [4.69, 9.17) is 4.42 Å². The first kappa shape index (κ1) is 12.3. The lowest BCUT2D eigenvalue weighted by Crippen LogP contribution is -2.13. The molecule has 0 aliphatic carbocycles. The lowest BCUT2D eigenvalue weighted by Gasteiger charge is -2.07. The van der Waals surface area contributed by atoms with Crippen LogP contribution in [0.2, 0.25) is 0 Å². The van der Waals surface area contributed by atoms with Crippen LogP contribution in [0.1, 0.15) is 16.7 Å².